The molecule has 1 amide bonds. The summed E-state index contributed by atoms with van der Waals surface area (Å²) in [6, 6.07) is 7.16. The fourth-order valence-electron chi connectivity index (χ4n) is 2.88. The number of nitrogens with one attached hydrogen (secondary N) is 1. The molecule has 0 saturated heterocycles. The molecular formula is C17H19NO4. The van der Waals surface area contributed by atoms with Crippen LogP contribution in [-0.4, -0.2) is 17.6 Å². The van der Waals surface area contributed by atoms with Crippen LogP contribution in [0.25, 0.3) is 0 Å². The maximum Gasteiger partial charge on any atom is 0.217 e. The topological polar surface area (TPSA) is 71.7 Å². The quantitative estimate of drug-likeness (QED) is 0.914. The average Bonchev–Trinajstić information content (AvgIpc) is 3.01. The highest BCUT2D eigenvalue weighted by molar-refractivity contribution is 5.73. The summed E-state index contributed by atoms with van der Waals surface area (Å²) in [6.45, 7) is 4.01. The monoisotopic (exact) mass is 301 g/mol. The lowest BCUT2D eigenvalue weighted by Crippen LogP contribution is -2.30. The van der Waals surface area contributed by atoms with Crippen LogP contribution in [0.5, 0.6) is 5.75 Å². The van der Waals surface area contributed by atoms with Gasteiger partial charge in [-0.1, -0.05) is 0 Å². The predicted molar refractivity (Wildman–Crippen MR) is 80.6 cm³/mol. The number of ether oxygens (including phenoxy) is 1. The van der Waals surface area contributed by atoms with Gasteiger partial charge in [0.1, 0.15) is 17.6 Å². The molecule has 1 aromatic heterocycles. The van der Waals surface area contributed by atoms with Crippen LogP contribution in [0.1, 0.15) is 47.9 Å². The summed E-state index contributed by atoms with van der Waals surface area (Å²) in [6.07, 6.45) is 1.42. The summed E-state index contributed by atoms with van der Waals surface area (Å²) in [5.41, 5.74) is 2.57. The van der Waals surface area contributed by atoms with E-state index in [9.17, 15) is 9.90 Å². The first-order valence-corrected chi connectivity index (χ1v) is 7.32. The van der Waals surface area contributed by atoms with Crippen molar-refractivity contribution in [1.29, 1.82) is 0 Å². The number of furan rings is 1. The molecule has 0 spiro atoms. The number of carbonyl (C=O) groups excluding carboxylic acids is 1. The number of benzene rings is 1. The van der Waals surface area contributed by atoms with E-state index in [1.165, 1.54) is 13.2 Å². The number of hydrogen-bond donors (Lipinski definition) is 2. The van der Waals surface area contributed by atoms with E-state index < -0.39 is 6.10 Å². The molecule has 2 heterocycles. The molecule has 2 unspecified atom stereocenters. The van der Waals surface area contributed by atoms with Crippen LogP contribution in [0.4, 0.5) is 0 Å². The highest BCUT2D eigenvalue weighted by atomic mass is 16.5. The lowest BCUT2D eigenvalue weighted by atomic mass is 9.93. The summed E-state index contributed by atoms with van der Waals surface area (Å²) in [5.74, 6) is 1.21. The molecule has 116 valence electrons. The van der Waals surface area contributed by atoms with Gasteiger partial charge in [0.05, 0.1) is 18.9 Å². The van der Waals surface area contributed by atoms with Crippen molar-refractivity contribution in [3.05, 3.63) is 53.0 Å². The van der Waals surface area contributed by atoms with Gasteiger partial charge in [-0.15, -0.1) is 0 Å². The number of hydrogen-bond acceptors (Lipinski definition) is 4. The number of fused-ring (bicyclic) bond motifs is 1. The molecule has 0 saturated carbocycles. The number of amides is 1. The first kappa shape index (κ1) is 14.7. The molecule has 0 radical (unpaired) electrons. The Morgan fingerprint density at radius 2 is 2.27 bits per heavy atom. The third kappa shape index (κ3) is 2.72. The van der Waals surface area contributed by atoms with Gasteiger partial charge in [0.15, 0.2) is 0 Å². The van der Waals surface area contributed by atoms with Crippen molar-refractivity contribution in [3.63, 3.8) is 0 Å². The largest absolute Gasteiger partial charge is 0.493 e. The Labute approximate surface area is 128 Å². The van der Waals surface area contributed by atoms with E-state index in [-0.39, 0.29) is 11.9 Å². The minimum Gasteiger partial charge on any atom is -0.493 e. The molecule has 1 aromatic carbocycles. The van der Waals surface area contributed by atoms with E-state index in [4.69, 9.17) is 9.15 Å². The van der Waals surface area contributed by atoms with Crippen LogP contribution in [-0.2, 0) is 4.79 Å². The van der Waals surface area contributed by atoms with E-state index >= 15 is 0 Å². The molecule has 2 aromatic rings. The summed E-state index contributed by atoms with van der Waals surface area (Å²) >= 11 is 0. The number of carbonyl (C=O) groups is 1. The molecule has 3 rings (SSSR count). The molecule has 2 atom stereocenters. The van der Waals surface area contributed by atoms with Gasteiger partial charge in [-0.25, -0.2) is 0 Å². The molecule has 0 bridgehead atoms. The lowest BCUT2D eigenvalue weighted by Gasteiger charge is -2.28. The Balaban J connectivity index is 2.01. The molecule has 5 heteroatoms. The minimum atomic E-state index is -0.834. The number of aliphatic hydroxyl groups excluding tert-OH is 1. The van der Waals surface area contributed by atoms with E-state index in [1.54, 1.807) is 12.1 Å². The number of aliphatic hydroxyl groups is 1. The maximum absolute atomic E-state index is 11.4. The van der Waals surface area contributed by atoms with Crippen molar-refractivity contribution in [2.45, 2.75) is 32.4 Å². The van der Waals surface area contributed by atoms with Gasteiger partial charge in [-0.2, -0.15) is 0 Å². The number of aryl methyl sites for hydroxylation is 1. The summed E-state index contributed by atoms with van der Waals surface area (Å²) < 4.78 is 11.0. The Bertz CT molecular complexity index is 678. The SMILES string of the molecule is CC(=O)NC1CCOc2c(C)cc(C(O)c3ccco3)cc21. The Morgan fingerprint density at radius 3 is 2.95 bits per heavy atom. The second-order valence-electron chi connectivity index (χ2n) is 5.56. The molecule has 0 aliphatic carbocycles. The van der Waals surface area contributed by atoms with E-state index in [1.807, 2.05) is 19.1 Å². The standard InChI is InChI=1S/C17H19NO4/c1-10-8-12(16(20)15-4-3-6-21-15)9-13-14(18-11(2)19)5-7-22-17(10)13/h3-4,6,8-9,14,16,20H,5,7H2,1-2H3,(H,18,19). The van der Waals surface area contributed by atoms with Gasteiger partial charge >= 0.3 is 0 Å². The zero-order valence-electron chi connectivity index (χ0n) is 12.6. The molecule has 5 nitrogen and oxygen atoms in total. The lowest BCUT2D eigenvalue weighted by molar-refractivity contribution is -0.119. The normalized spacial score (nSPS) is 18.2. The van der Waals surface area contributed by atoms with Crippen molar-refractivity contribution >= 4 is 5.91 Å². The van der Waals surface area contributed by atoms with Crippen LogP contribution in [0.15, 0.2) is 34.9 Å². The highest BCUT2D eigenvalue weighted by Crippen LogP contribution is 2.38. The summed E-state index contributed by atoms with van der Waals surface area (Å²) in [7, 11) is 0. The predicted octanol–water partition coefficient (Wildman–Crippen LogP) is 2.63. The fraction of sp³-hybridized carbons (Fsp3) is 0.353. The first-order chi connectivity index (χ1) is 10.6. The van der Waals surface area contributed by atoms with Crippen molar-refractivity contribution < 1.29 is 19.1 Å². The van der Waals surface area contributed by atoms with Crippen LogP contribution in [0.2, 0.25) is 0 Å². The van der Waals surface area contributed by atoms with E-state index in [0.717, 1.165) is 22.4 Å². The molecule has 0 fully saturated rings. The van der Waals surface area contributed by atoms with Crippen LogP contribution in [0.3, 0.4) is 0 Å². The Morgan fingerprint density at radius 1 is 1.45 bits per heavy atom. The molecule has 1 aliphatic heterocycles. The molecular weight excluding hydrogens is 282 g/mol. The third-order valence-electron chi connectivity index (χ3n) is 3.86. The zero-order valence-corrected chi connectivity index (χ0v) is 12.6. The van der Waals surface area contributed by atoms with Gasteiger partial charge in [0, 0.05) is 18.9 Å². The van der Waals surface area contributed by atoms with Gasteiger partial charge < -0.3 is 19.6 Å². The molecule has 2 N–H and O–H groups in total. The minimum absolute atomic E-state index is 0.0764. The van der Waals surface area contributed by atoms with Gasteiger partial charge in [-0.3, -0.25) is 4.79 Å². The van der Waals surface area contributed by atoms with Crippen LogP contribution >= 0.6 is 0 Å². The Hall–Kier alpha value is -2.27. The average molecular weight is 301 g/mol. The van der Waals surface area contributed by atoms with Crippen molar-refractivity contribution in [3.8, 4) is 5.75 Å². The second-order valence-corrected chi connectivity index (χ2v) is 5.56. The molecule has 1 aliphatic rings. The van der Waals surface area contributed by atoms with Gasteiger partial charge in [0.25, 0.3) is 0 Å². The van der Waals surface area contributed by atoms with Crippen molar-refractivity contribution in [1.82, 2.24) is 5.32 Å². The zero-order chi connectivity index (χ0) is 15.7. The summed E-state index contributed by atoms with van der Waals surface area (Å²) in [5, 5.41) is 13.4. The summed E-state index contributed by atoms with van der Waals surface area (Å²) in [4.78, 5) is 11.4. The van der Waals surface area contributed by atoms with E-state index in [2.05, 4.69) is 5.32 Å². The second kappa shape index (κ2) is 5.85. The third-order valence-corrected chi connectivity index (χ3v) is 3.86. The highest BCUT2D eigenvalue weighted by Gasteiger charge is 2.26. The van der Waals surface area contributed by atoms with Crippen molar-refractivity contribution in [2.75, 3.05) is 6.61 Å². The maximum atomic E-state index is 11.4. The fourth-order valence-corrected chi connectivity index (χ4v) is 2.88. The van der Waals surface area contributed by atoms with E-state index in [0.29, 0.717) is 18.8 Å². The van der Waals surface area contributed by atoms with Crippen LogP contribution < -0.4 is 10.1 Å². The number of rotatable bonds is 3. The smallest absolute Gasteiger partial charge is 0.217 e. The Kier molecular flexibility index (Phi) is 3.90. The first-order valence-electron chi connectivity index (χ1n) is 7.32. The van der Waals surface area contributed by atoms with Gasteiger partial charge in [-0.05, 0) is 42.3 Å². The van der Waals surface area contributed by atoms with Crippen LogP contribution in [0, 0.1) is 6.92 Å². The van der Waals surface area contributed by atoms with Gasteiger partial charge in [0.2, 0.25) is 5.91 Å². The molecule has 22 heavy (non-hydrogen) atoms. The van der Waals surface area contributed by atoms with Crippen molar-refractivity contribution in [2.24, 2.45) is 0 Å².